The quantitative estimate of drug-likeness (QED) is 0.671. The molecule has 0 aromatic heterocycles. The van der Waals surface area contributed by atoms with Crippen LogP contribution in [0.3, 0.4) is 0 Å². The zero-order valence-electron chi connectivity index (χ0n) is 12.0. The van der Waals surface area contributed by atoms with E-state index in [2.05, 4.69) is 16.0 Å². The van der Waals surface area contributed by atoms with Gasteiger partial charge in [0.1, 0.15) is 0 Å². The van der Waals surface area contributed by atoms with E-state index in [0.29, 0.717) is 12.1 Å². The lowest BCUT2D eigenvalue weighted by Gasteiger charge is -2.24. The molecule has 2 rings (SSSR count). The fraction of sp³-hybridized carbons (Fsp3) is 0.933. The van der Waals surface area contributed by atoms with Crippen LogP contribution in [-0.4, -0.2) is 31.2 Å². The summed E-state index contributed by atoms with van der Waals surface area (Å²) in [4.78, 5) is 11.7. The minimum absolute atomic E-state index is 0.0114. The molecule has 0 bridgehead atoms. The molecule has 0 aromatic carbocycles. The lowest BCUT2D eigenvalue weighted by molar-refractivity contribution is 0.232. The molecule has 0 unspecified atom stereocenters. The average molecular weight is 267 g/mol. The Balaban J connectivity index is 1.48. The van der Waals surface area contributed by atoms with E-state index in [9.17, 15) is 4.79 Å². The molecule has 2 aliphatic carbocycles. The van der Waals surface area contributed by atoms with E-state index in [1.807, 2.05) is 0 Å². The van der Waals surface area contributed by atoms with E-state index in [-0.39, 0.29) is 6.03 Å². The first-order chi connectivity index (χ1) is 9.34. The molecular formula is C15H29N3O. The molecule has 0 aromatic rings. The van der Waals surface area contributed by atoms with Gasteiger partial charge >= 0.3 is 6.03 Å². The largest absolute Gasteiger partial charge is 0.337 e. The fourth-order valence-corrected chi connectivity index (χ4v) is 3.24. The Kier molecular flexibility index (Phi) is 6.48. The Labute approximate surface area is 117 Å². The van der Waals surface area contributed by atoms with Crippen LogP contribution in [0.5, 0.6) is 0 Å². The molecule has 2 fully saturated rings. The molecule has 0 radical (unpaired) electrons. The van der Waals surface area contributed by atoms with E-state index in [0.717, 1.165) is 25.9 Å². The smallest absolute Gasteiger partial charge is 0.315 e. The molecule has 0 aliphatic heterocycles. The van der Waals surface area contributed by atoms with Crippen molar-refractivity contribution in [2.45, 2.75) is 76.3 Å². The van der Waals surface area contributed by atoms with Crippen molar-refractivity contribution in [2.75, 3.05) is 13.1 Å². The predicted octanol–water partition coefficient (Wildman–Crippen LogP) is 2.54. The monoisotopic (exact) mass is 267 g/mol. The van der Waals surface area contributed by atoms with Gasteiger partial charge in [-0.15, -0.1) is 0 Å². The van der Waals surface area contributed by atoms with Gasteiger partial charge in [-0.1, -0.05) is 38.5 Å². The van der Waals surface area contributed by atoms with E-state index in [1.54, 1.807) is 0 Å². The number of carbonyl (C=O) groups is 1. The van der Waals surface area contributed by atoms with E-state index < -0.39 is 0 Å². The Bertz CT molecular complexity index is 258. The molecule has 3 N–H and O–H groups in total. The van der Waals surface area contributed by atoms with Gasteiger partial charge in [-0.05, 0) is 25.7 Å². The van der Waals surface area contributed by atoms with Gasteiger partial charge in [0.25, 0.3) is 0 Å². The zero-order chi connectivity index (χ0) is 13.3. The first kappa shape index (κ1) is 14.6. The van der Waals surface area contributed by atoms with E-state index in [4.69, 9.17) is 0 Å². The highest BCUT2D eigenvalue weighted by Crippen LogP contribution is 2.17. The number of rotatable bonds is 5. The van der Waals surface area contributed by atoms with Gasteiger partial charge in [-0.2, -0.15) is 0 Å². The van der Waals surface area contributed by atoms with Crippen LogP contribution in [0, 0.1) is 0 Å². The Morgan fingerprint density at radius 1 is 0.789 bits per heavy atom. The van der Waals surface area contributed by atoms with Crippen molar-refractivity contribution in [3.8, 4) is 0 Å². The van der Waals surface area contributed by atoms with Crippen molar-refractivity contribution in [2.24, 2.45) is 0 Å². The molecule has 19 heavy (non-hydrogen) atoms. The third-order valence-electron chi connectivity index (χ3n) is 4.39. The highest BCUT2D eigenvalue weighted by molar-refractivity contribution is 5.74. The van der Waals surface area contributed by atoms with Crippen LogP contribution in [-0.2, 0) is 0 Å². The molecule has 4 nitrogen and oxygen atoms in total. The highest BCUT2D eigenvalue weighted by Gasteiger charge is 2.15. The maximum absolute atomic E-state index is 11.7. The average Bonchev–Trinajstić information content (AvgIpc) is 2.46. The first-order valence-electron chi connectivity index (χ1n) is 8.12. The van der Waals surface area contributed by atoms with Gasteiger partial charge in [0, 0.05) is 25.2 Å². The van der Waals surface area contributed by atoms with Gasteiger partial charge in [0.05, 0.1) is 0 Å². The number of hydrogen-bond donors (Lipinski definition) is 3. The van der Waals surface area contributed by atoms with Gasteiger partial charge < -0.3 is 16.0 Å². The summed E-state index contributed by atoms with van der Waals surface area (Å²) in [5, 5.41) is 9.57. The number of hydrogen-bond acceptors (Lipinski definition) is 2. The van der Waals surface area contributed by atoms with Gasteiger partial charge in [0.15, 0.2) is 0 Å². The minimum Gasteiger partial charge on any atom is -0.337 e. The van der Waals surface area contributed by atoms with Crippen LogP contribution in [0.4, 0.5) is 4.79 Å². The molecular weight excluding hydrogens is 238 g/mol. The number of amides is 2. The van der Waals surface area contributed by atoms with Crippen molar-refractivity contribution in [1.29, 1.82) is 0 Å². The lowest BCUT2D eigenvalue weighted by atomic mass is 9.95. The summed E-state index contributed by atoms with van der Waals surface area (Å²) in [6.45, 7) is 1.62. The van der Waals surface area contributed by atoms with Crippen LogP contribution >= 0.6 is 0 Å². The molecule has 2 aliphatic rings. The van der Waals surface area contributed by atoms with Crippen LogP contribution in [0.25, 0.3) is 0 Å². The van der Waals surface area contributed by atoms with Gasteiger partial charge in [-0.25, -0.2) is 4.79 Å². The fourth-order valence-electron chi connectivity index (χ4n) is 3.24. The SMILES string of the molecule is O=C(NCCNC1CCCCC1)NC1CCCCC1. The predicted molar refractivity (Wildman–Crippen MR) is 78.3 cm³/mol. The van der Waals surface area contributed by atoms with Gasteiger partial charge in [-0.3, -0.25) is 0 Å². The summed E-state index contributed by atoms with van der Waals surface area (Å²) in [7, 11) is 0. The van der Waals surface area contributed by atoms with Crippen molar-refractivity contribution in [3.05, 3.63) is 0 Å². The zero-order valence-corrected chi connectivity index (χ0v) is 12.0. The maximum Gasteiger partial charge on any atom is 0.315 e. The summed E-state index contributed by atoms with van der Waals surface area (Å²) in [5.74, 6) is 0. The Morgan fingerprint density at radius 3 is 2.00 bits per heavy atom. The Morgan fingerprint density at radius 2 is 1.37 bits per heavy atom. The molecule has 0 atom stereocenters. The van der Waals surface area contributed by atoms with E-state index >= 15 is 0 Å². The second kappa shape index (κ2) is 8.41. The lowest BCUT2D eigenvalue weighted by Crippen LogP contribution is -2.45. The number of urea groups is 1. The van der Waals surface area contributed by atoms with Crippen LogP contribution in [0.1, 0.15) is 64.2 Å². The first-order valence-corrected chi connectivity index (χ1v) is 8.12. The molecule has 0 saturated heterocycles. The van der Waals surface area contributed by atoms with Crippen molar-refractivity contribution >= 4 is 6.03 Å². The molecule has 4 heteroatoms. The molecule has 110 valence electrons. The summed E-state index contributed by atoms with van der Waals surface area (Å²) in [6.07, 6.45) is 12.8. The normalized spacial score (nSPS) is 22.1. The third kappa shape index (κ3) is 5.81. The van der Waals surface area contributed by atoms with E-state index in [1.165, 1.54) is 51.4 Å². The van der Waals surface area contributed by atoms with Crippen molar-refractivity contribution in [3.63, 3.8) is 0 Å². The second-order valence-electron chi connectivity index (χ2n) is 6.02. The second-order valence-corrected chi connectivity index (χ2v) is 6.02. The standard InChI is InChI=1S/C15H29N3O/c19-15(18-14-9-5-2-6-10-14)17-12-11-16-13-7-3-1-4-8-13/h13-14,16H,1-12H2,(H2,17,18,19). The topological polar surface area (TPSA) is 53.2 Å². The maximum atomic E-state index is 11.7. The third-order valence-corrected chi connectivity index (χ3v) is 4.39. The number of nitrogens with one attached hydrogen (secondary N) is 3. The van der Waals surface area contributed by atoms with Gasteiger partial charge in [0.2, 0.25) is 0 Å². The molecule has 2 amide bonds. The van der Waals surface area contributed by atoms with Crippen LogP contribution in [0.2, 0.25) is 0 Å². The van der Waals surface area contributed by atoms with Crippen LogP contribution in [0.15, 0.2) is 0 Å². The summed E-state index contributed by atoms with van der Waals surface area (Å²) in [6, 6.07) is 1.09. The summed E-state index contributed by atoms with van der Waals surface area (Å²) in [5.41, 5.74) is 0. The van der Waals surface area contributed by atoms with Crippen LogP contribution < -0.4 is 16.0 Å². The molecule has 0 heterocycles. The Hall–Kier alpha value is -0.770. The van der Waals surface area contributed by atoms with Crippen molar-refractivity contribution in [1.82, 2.24) is 16.0 Å². The molecule has 2 saturated carbocycles. The molecule has 0 spiro atoms. The number of carbonyl (C=O) groups excluding carboxylic acids is 1. The van der Waals surface area contributed by atoms with Crippen molar-refractivity contribution < 1.29 is 4.79 Å². The minimum atomic E-state index is 0.0114. The summed E-state index contributed by atoms with van der Waals surface area (Å²) < 4.78 is 0. The summed E-state index contributed by atoms with van der Waals surface area (Å²) >= 11 is 0. The highest BCUT2D eigenvalue weighted by atomic mass is 16.2.